The summed E-state index contributed by atoms with van der Waals surface area (Å²) in [4.78, 5) is 2.22. The van der Waals surface area contributed by atoms with Crippen LogP contribution in [0.2, 0.25) is 0 Å². The molecule has 0 spiro atoms. The maximum absolute atomic E-state index is 11.3. The van der Waals surface area contributed by atoms with E-state index in [0.717, 1.165) is 32.4 Å². The highest BCUT2D eigenvalue weighted by molar-refractivity contribution is 7.91. The van der Waals surface area contributed by atoms with Crippen LogP contribution in [0.25, 0.3) is 0 Å². The molecule has 14 heavy (non-hydrogen) atoms. The number of piperidine rings is 1. The lowest BCUT2D eigenvalue weighted by atomic mass is 10.1. The fourth-order valence-corrected chi connectivity index (χ4v) is 4.08. The van der Waals surface area contributed by atoms with Gasteiger partial charge in [-0.3, -0.25) is 4.90 Å². The molecule has 0 aromatic heterocycles. The number of nitrogens with zero attached hydrogens (tertiary/aromatic N) is 1. The zero-order chi connectivity index (χ0) is 10.2. The number of sulfone groups is 1. The zero-order valence-corrected chi connectivity index (χ0v) is 9.04. The molecule has 0 saturated carbocycles. The minimum Gasteiger partial charge on any atom is -0.393 e. The molecule has 2 rings (SSSR count). The van der Waals surface area contributed by atoms with Gasteiger partial charge in [-0.25, -0.2) is 8.42 Å². The molecule has 2 aliphatic rings. The lowest BCUT2D eigenvalue weighted by Gasteiger charge is -2.33. The van der Waals surface area contributed by atoms with Crippen molar-refractivity contribution >= 4 is 9.84 Å². The maximum atomic E-state index is 11.3. The molecule has 2 fully saturated rings. The van der Waals surface area contributed by atoms with Crippen molar-refractivity contribution in [1.82, 2.24) is 4.90 Å². The minimum atomic E-state index is -2.76. The largest absolute Gasteiger partial charge is 0.393 e. The Balaban J connectivity index is 1.91. The Hall–Kier alpha value is -0.130. The summed E-state index contributed by atoms with van der Waals surface area (Å²) in [6, 6.07) is 0.215. The molecule has 0 aliphatic carbocycles. The van der Waals surface area contributed by atoms with Gasteiger partial charge in [-0.2, -0.15) is 0 Å². The van der Waals surface area contributed by atoms with Crippen LogP contribution in [-0.4, -0.2) is 55.2 Å². The third-order valence-electron chi connectivity index (χ3n) is 3.22. The van der Waals surface area contributed by atoms with Crippen LogP contribution in [-0.2, 0) is 9.84 Å². The van der Waals surface area contributed by atoms with E-state index in [2.05, 4.69) is 4.90 Å². The summed E-state index contributed by atoms with van der Waals surface area (Å²) in [5.74, 6) is 0.666. The van der Waals surface area contributed by atoms with Gasteiger partial charge in [0.1, 0.15) is 0 Å². The average Bonchev–Trinajstić information content (AvgIpc) is 2.47. The van der Waals surface area contributed by atoms with Gasteiger partial charge >= 0.3 is 0 Å². The zero-order valence-electron chi connectivity index (χ0n) is 8.22. The third kappa shape index (κ3) is 2.27. The molecule has 1 atom stereocenters. The van der Waals surface area contributed by atoms with E-state index in [9.17, 15) is 13.5 Å². The highest BCUT2D eigenvalue weighted by Crippen LogP contribution is 2.21. The number of aliphatic hydroxyl groups excluding tert-OH is 1. The van der Waals surface area contributed by atoms with Crippen molar-refractivity contribution in [2.24, 2.45) is 0 Å². The Morgan fingerprint density at radius 3 is 2.29 bits per heavy atom. The van der Waals surface area contributed by atoms with Crippen molar-refractivity contribution in [2.75, 3.05) is 24.6 Å². The number of rotatable bonds is 1. The van der Waals surface area contributed by atoms with Crippen molar-refractivity contribution in [2.45, 2.75) is 31.4 Å². The quantitative estimate of drug-likeness (QED) is 0.654. The molecule has 82 valence electrons. The van der Waals surface area contributed by atoms with Crippen LogP contribution in [0.5, 0.6) is 0 Å². The van der Waals surface area contributed by atoms with E-state index >= 15 is 0 Å². The van der Waals surface area contributed by atoms with Gasteiger partial charge in [0, 0.05) is 19.1 Å². The molecule has 0 radical (unpaired) electrons. The highest BCUT2D eigenvalue weighted by atomic mass is 32.2. The monoisotopic (exact) mass is 219 g/mol. The van der Waals surface area contributed by atoms with Crippen LogP contribution >= 0.6 is 0 Å². The number of aliphatic hydroxyl groups is 1. The standard InChI is InChI=1S/C9H17NO3S/c11-9-1-4-10(5-2-9)8-3-6-14(12,13)7-8/h8-9,11H,1-7H2/t8-/m0/s1. The molecule has 0 unspecified atom stereocenters. The van der Waals surface area contributed by atoms with E-state index in [-0.39, 0.29) is 12.1 Å². The van der Waals surface area contributed by atoms with Crippen molar-refractivity contribution in [3.05, 3.63) is 0 Å². The first-order valence-electron chi connectivity index (χ1n) is 5.19. The van der Waals surface area contributed by atoms with Gasteiger partial charge in [0.25, 0.3) is 0 Å². The van der Waals surface area contributed by atoms with Gasteiger partial charge in [-0.1, -0.05) is 0 Å². The molecular formula is C9H17NO3S. The van der Waals surface area contributed by atoms with Crippen LogP contribution in [0, 0.1) is 0 Å². The van der Waals surface area contributed by atoms with Crippen LogP contribution < -0.4 is 0 Å². The molecule has 1 N–H and O–H groups in total. The van der Waals surface area contributed by atoms with Crippen molar-refractivity contribution < 1.29 is 13.5 Å². The molecule has 2 heterocycles. The van der Waals surface area contributed by atoms with Gasteiger partial charge < -0.3 is 5.11 Å². The van der Waals surface area contributed by atoms with Gasteiger partial charge in [0.05, 0.1) is 17.6 Å². The second-order valence-corrected chi connectivity index (χ2v) is 6.55. The van der Waals surface area contributed by atoms with E-state index in [1.165, 1.54) is 0 Å². The van der Waals surface area contributed by atoms with Crippen molar-refractivity contribution in [1.29, 1.82) is 0 Å². The van der Waals surface area contributed by atoms with Crippen LogP contribution in [0.15, 0.2) is 0 Å². The SMILES string of the molecule is O=S1(=O)CC[C@H](N2CCC(O)CC2)C1. The van der Waals surface area contributed by atoms with E-state index in [1.54, 1.807) is 0 Å². The lowest BCUT2D eigenvalue weighted by Crippen LogP contribution is -2.43. The first-order valence-corrected chi connectivity index (χ1v) is 7.01. The van der Waals surface area contributed by atoms with E-state index in [1.807, 2.05) is 0 Å². The maximum Gasteiger partial charge on any atom is 0.151 e. The van der Waals surface area contributed by atoms with Crippen LogP contribution in [0.1, 0.15) is 19.3 Å². The minimum absolute atomic E-state index is 0.177. The smallest absolute Gasteiger partial charge is 0.151 e. The Labute approximate surface area is 84.8 Å². The summed E-state index contributed by atoms with van der Waals surface area (Å²) in [7, 11) is -2.76. The second-order valence-electron chi connectivity index (χ2n) is 4.32. The Bertz CT molecular complexity index is 293. The molecule has 5 heteroatoms. The predicted molar refractivity (Wildman–Crippen MR) is 53.9 cm³/mol. The molecule has 0 aromatic rings. The van der Waals surface area contributed by atoms with E-state index < -0.39 is 9.84 Å². The second kappa shape index (κ2) is 3.79. The topological polar surface area (TPSA) is 57.6 Å². The van der Waals surface area contributed by atoms with Crippen molar-refractivity contribution in [3.63, 3.8) is 0 Å². The van der Waals surface area contributed by atoms with Gasteiger partial charge in [0.2, 0.25) is 0 Å². The van der Waals surface area contributed by atoms with Crippen molar-refractivity contribution in [3.8, 4) is 0 Å². The molecule has 0 amide bonds. The molecule has 2 saturated heterocycles. The Morgan fingerprint density at radius 2 is 1.79 bits per heavy atom. The average molecular weight is 219 g/mol. The van der Waals surface area contributed by atoms with Gasteiger partial charge in [-0.15, -0.1) is 0 Å². The Morgan fingerprint density at radius 1 is 1.14 bits per heavy atom. The van der Waals surface area contributed by atoms with Crippen LogP contribution in [0.4, 0.5) is 0 Å². The molecule has 2 aliphatic heterocycles. The number of likely N-dealkylation sites (tertiary alicyclic amines) is 1. The van der Waals surface area contributed by atoms with Crippen LogP contribution in [0.3, 0.4) is 0 Å². The fourth-order valence-electron chi connectivity index (χ4n) is 2.31. The summed E-state index contributed by atoms with van der Waals surface area (Å²) >= 11 is 0. The summed E-state index contributed by atoms with van der Waals surface area (Å²) in [5, 5.41) is 9.33. The Kier molecular flexibility index (Phi) is 2.81. The molecule has 0 bridgehead atoms. The number of hydrogen-bond donors (Lipinski definition) is 1. The third-order valence-corrected chi connectivity index (χ3v) is 4.97. The molecule has 0 aromatic carbocycles. The normalized spacial score (nSPS) is 34.8. The predicted octanol–water partition coefficient (Wildman–Crippen LogP) is -0.370. The first kappa shape index (κ1) is 10.4. The fraction of sp³-hybridized carbons (Fsp3) is 1.00. The van der Waals surface area contributed by atoms with E-state index in [0.29, 0.717) is 11.5 Å². The molecule has 4 nitrogen and oxygen atoms in total. The highest BCUT2D eigenvalue weighted by Gasteiger charge is 2.33. The molecular weight excluding hydrogens is 202 g/mol. The lowest BCUT2D eigenvalue weighted by molar-refractivity contribution is 0.0662. The van der Waals surface area contributed by atoms with E-state index in [4.69, 9.17) is 0 Å². The summed E-state index contributed by atoms with van der Waals surface area (Å²) in [6.07, 6.45) is 2.18. The summed E-state index contributed by atoms with van der Waals surface area (Å²) < 4.78 is 22.5. The first-order chi connectivity index (χ1) is 6.57. The summed E-state index contributed by atoms with van der Waals surface area (Å²) in [6.45, 7) is 1.70. The van der Waals surface area contributed by atoms with Gasteiger partial charge in [0.15, 0.2) is 9.84 Å². The number of hydrogen-bond acceptors (Lipinski definition) is 4. The van der Waals surface area contributed by atoms with Gasteiger partial charge in [-0.05, 0) is 19.3 Å². The summed E-state index contributed by atoms with van der Waals surface area (Å²) in [5.41, 5.74) is 0.